The quantitative estimate of drug-likeness (QED) is 0.198. The lowest BCUT2D eigenvalue weighted by atomic mass is 10.3. The third-order valence-corrected chi connectivity index (χ3v) is 0.847. The van der Waals surface area contributed by atoms with Crippen LogP contribution in [0, 0.1) is 0 Å². The van der Waals surface area contributed by atoms with E-state index < -0.39 is 0 Å². The zero-order valence-corrected chi connectivity index (χ0v) is 7.08. The minimum Gasteiger partial charge on any atom is -0.303 e. The summed E-state index contributed by atoms with van der Waals surface area (Å²) < 4.78 is 0. The molecule has 0 radical (unpaired) electrons. The van der Waals surface area contributed by atoms with Gasteiger partial charge in [-0.05, 0) is 6.42 Å². The van der Waals surface area contributed by atoms with Gasteiger partial charge in [-0.2, -0.15) is 0 Å². The van der Waals surface area contributed by atoms with Crippen LogP contribution in [-0.4, -0.2) is 18.5 Å². The second-order valence-electron chi connectivity index (χ2n) is 1.96. The molecule has 12 heavy (non-hydrogen) atoms. The van der Waals surface area contributed by atoms with E-state index in [4.69, 9.17) is 0 Å². The number of aldehydes is 2. The third kappa shape index (κ3) is 23.3. The van der Waals surface area contributed by atoms with E-state index in [1.807, 2.05) is 5.43 Å². The fourth-order valence-electron chi connectivity index (χ4n) is 0.285. The maximum Gasteiger partial charge on any atom is 0.230 e. The Hall–Kier alpha value is -1.23. The summed E-state index contributed by atoms with van der Waals surface area (Å²) in [5.41, 5.74) is 1.89. The van der Waals surface area contributed by atoms with Gasteiger partial charge in [-0.3, -0.25) is 10.2 Å². The van der Waals surface area contributed by atoms with E-state index >= 15 is 0 Å². The summed E-state index contributed by atoms with van der Waals surface area (Å²) in [5.74, 6) is 4.35. The summed E-state index contributed by atoms with van der Waals surface area (Å²) in [6.07, 6.45) is 3.37. The van der Waals surface area contributed by atoms with Gasteiger partial charge in [-0.15, -0.1) is 0 Å². The summed E-state index contributed by atoms with van der Waals surface area (Å²) in [6.45, 7) is 1.35. The molecular formula is C7H14N2O3. The summed E-state index contributed by atoms with van der Waals surface area (Å²) in [7, 11) is 0. The van der Waals surface area contributed by atoms with Crippen molar-refractivity contribution in [3.8, 4) is 0 Å². The van der Waals surface area contributed by atoms with Crippen molar-refractivity contribution in [2.45, 2.75) is 26.2 Å². The van der Waals surface area contributed by atoms with Gasteiger partial charge in [-0.1, -0.05) is 0 Å². The Morgan fingerprint density at radius 2 is 1.67 bits per heavy atom. The second-order valence-corrected chi connectivity index (χ2v) is 1.96. The number of carbonyl (C=O) groups excluding carboxylic acids is 3. The molecule has 0 unspecified atom stereocenters. The van der Waals surface area contributed by atoms with Crippen molar-refractivity contribution in [2.75, 3.05) is 0 Å². The molecule has 0 saturated heterocycles. The molecule has 3 N–H and O–H groups in total. The molecule has 5 nitrogen and oxygen atoms in total. The van der Waals surface area contributed by atoms with E-state index in [0.717, 1.165) is 12.6 Å². The molecule has 0 aliphatic heterocycles. The van der Waals surface area contributed by atoms with Crippen LogP contribution in [0.1, 0.15) is 26.2 Å². The summed E-state index contributed by atoms with van der Waals surface area (Å²) in [6, 6.07) is 0. The number of rotatable bonds is 4. The second kappa shape index (κ2) is 12.4. The molecule has 0 heterocycles. The number of unbranched alkanes of at least 4 members (excludes halogenated alkanes) is 2. The van der Waals surface area contributed by atoms with Gasteiger partial charge in [0.1, 0.15) is 12.6 Å². The van der Waals surface area contributed by atoms with Crippen LogP contribution >= 0.6 is 0 Å². The summed E-state index contributed by atoms with van der Waals surface area (Å²) in [4.78, 5) is 28.7. The normalized spacial score (nSPS) is 7.50. The number of carbonyl (C=O) groups is 3. The maximum atomic E-state index is 9.58. The van der Waals surface area contributed by atoms with Crippen molar-refractivity contribution in [2.24, 2.45) is 5.84 Å². The molecule has 0 bridgehead atoms. The number of hydrazine groups is 1. The van der Waals surface area contributed by atoms with E-state index in [1.54, 1.807) is 0 Å². The molecule has 1 amide bonds. The Bertz CT molecular complexity index is 129. The predicted molar refractivity (Wildman–Crippen MR) is 44.0 cm³/mol. The first-order valence-corrected chi connectivity index (χ1v) is 3.53. The lowest BCUT2D eigenvalue weighted by Crippen LogP contribution is -2.26. The Balaban J connectivity index is 0. The molecule has 0 aliphatic carbocycles. The first kappa shape index (κ1) is 13.4. The standard InChI is InChI=1S/C5H8O2.C2H6N2O/c6-4-2-1-3-5-7;1-2(5)4-3/h4-5H,1-3H2;3H2,1H3,(H,4,5). The molecule has 0 saturated carbocycles. The Morgan fingerprint density at radius 3 is 1.83 bits per heavy atom. The van der Waals surface area contributed by atoms with Crippen LogP contribution < -0.4 is 11.3 Å². The van der Waals surface area contributed by atoms with Crippen LogP contribution in [0.2, 0.25) is 0 Å². The van der Waals surface area contributed by atoms with E-state index in [1.165, 1.54) is 6.92 Å². The highest BCUT2D eigenvalue weighted by molar-refractivity contribution is 5.71. The lowest BCUT2D eigenvalue weighted by Gasteiger charge is -1.80. The van der Waals surface area contributed by atoms with Gasteiger partial charge >= 0.3 is 0 Å². The summed E-state index contributed by atoms with van der Waals surface area (Å²) >= 11 is 0. The van der Waals surface area contributed by atoms with Crippen molar-refractivity contribution >= 4 is 18.5 Å². The predicted octanol–water partition coefficient (Wildman–Crippen LogP) is -0.449. The molecule has 0 aromatic carbocycles. The van der Waals surface area contributed by atoms with Gasteiger partial charge in [-0.25, -0.2) is 5.84 Å². The highest BCUT2D eigenvalue weighted by atomic mass is 16.2. The minimum absolute atomic E-state index is 0.218. The van der Waals surface area contributed by atoms with Gasteiger partial charge in [0.2, 0.25) is 5.91 Å². The smallest absolute Gasteiger partial charge is 0.230 e. The van der Waals surface area contributed by atoms with E-state index in [2.05, 4.69) is 5.84 Å². The van der Waals surface area contributed by atoms with Crippen LogP contribution in [0.4, 0.5) is 0 Å². The first-order chi connectivity index (χ1) is 5.68. The van der Waals surface area contributed by atoms with Crippen LogP contribution in [0.5, 0.6) is 0 Å². The molecule has 5 heteroatoms. The van der Waals surface area contributed by atoms with Crippen LogP contribution in [0.3, 0.4) is 0 Å². The number of hydrogen-bond donors (Lipinski definition) is 2. The van der Waals surface area contributed by atoms with Crippen LogP contribution in [0.15, 0.2) is 0 Å². The zero-order chi connectivity index (χ0) is 9.82. The van der Waals surface area contributed by atoms with E-state index in [9.17, 15) is 14.4 Å². The average molecular weight is 174 g/mol. The van der Waals surface area contributed by atoms with Gasteiger partial charge in [0.05, 0.1) is 0 Å². The van der Waals surface area contributed by atoms with Gasteiger partial charge in [0.25, 0.3) is 0 Å². The number of nitrogens with one attached hydrogen (secondary N) is 1. The molecule has 0 aromatic rings. The molecule has 0 aliphatic rings. The van der Waals surface area contributed by atoms with Gasteiger partial charge in [0.15, 0.2) is 0 Å². The Kier molecular flexibility index (Phi) is 13.9. The Morgan fingerprint density at radius 1 is 1.33 bits per heavy atom. The molecule has 0 fully saturated rings. The molecule has 0 spiro atoms. The topological polar surface area (TPSA) is 89.3 Å². The van der Waals surface area contributed by atoms with Crippen LogP contribution in [0.25, 0.3) is 0 Å². The van der Waals surface area contributed by atoms with Crippen LogP contribution in [-0.2, 0) is 14.4 Å². The zero-order valence-electron chi connectivity index (χ0n) is 7.08. The van der Waals surface area contributed by atoms with Gasteiger partial charge in [0, 0.05) is 19.8 Å². The van der Waals surface area contributed by atoms with Gasteiger partial charge < -0.3 is 9.59 Å². The number of hydrogen-bond acceptors (Lipinski definition) is 4. The van der Waals surface area contributed by atoms with E-state index in [-0.39, 0.29) is 5.91 Å². The first-order valence-electron chi connectivity index (χ1n) is 3.53. The van der Waals surface area contributed by atoms with E-state index in [0.29, 0.717) is 19.3 Å². The highest BCUT2D eigenvalue weighted by Crippen LogP contribution is 1.85. The lowest BCUT2D eigenvalue weighted by molar-refractivity contribution is -0.119. The summed E-state index contributed by atoms with van der Waals surface area (Å²) in [5, 5.41) is 0. The number of nitrogens with two attached hydrogens (primary N) is 1. The molecule has 0 aromatic heterocycles. The fraction of sp³-hybridized carbons (Fsp3) is 0.571. The minimum atomic E-state index is -0.218. The Labute approximate surface area is 71.3 Å². The molecule has 70 valence electrons. The van der Waals surface area contributed by atoms with Crippen molar-refractivity contribution < 1.29 is 14.4 Å². The van der Waals surface area contributed by atoms with Crippen molar-refractivity contribution in [3.63, 3.8) is 0 Å². The van der Waals surface area contributed by atoms with Crippen molar-refractivity contribution in [3.05, 3.63) is 0 Å². The maximum absolute atomic E-state index is 9.58. The van der Waals surface area contributed by atoms with Crippen molar-refractivity contribution in [1.29, 1.82) is 0 Å². The number of amides is 1. The largest absolute Gasteiger partial charge is 0.303 e. The third-order valence-electron chi connectivity index (χ3n) is 0.847. The SMILES string of the molecule is CC(=O)NN.O=CCCCC=O. The fourth-order valence-corrected chi connectivity index (χ4v) is 0.285. The van der Waals surface area contributed by atoms with Crippen molar-refractivity contribution in [1.82, 2.24) is 5.43 Å². The molecule has 0 rings (SSSR count). The highest BCUT2D eigenvalue weighted by Gasteiger charge is 1.80. The monoisotopic (exact) mass is 174 g/mol. The molecule has 0 atom stereocenters. The molecular weight excluding hydrogens is 160 g/mol. The average Bonchev–Trinajstić information content (AvgIpc) is 2.07.